The number of rotatable bonds is 5. The predicted molar refractivity (Wildman–Crippen MR) is 121 cm³/mol. The van der Waals surface area contributed by atoms with Gasteiger partial charge < -0.3 is 14.4 Å². The van der Waals surface area contributed by atoms with Gasteiger partial charge in [-0.25, -0.2) is 9.59 Å². The number of hydrogen-bond donors (Lipinski definition) is 0. The van der Waals surface area contributed by atoms with Gasteiger partial charge in [-0.2, -0.15) is 0 Å². The largest absolute Gasteiger partial charge is 0.448 e. The van der Waals surface area contributed by atoms with Crippen LogP contribution in [0.5, 0.6) is 0 Å². The first kappa shape index (κ1) is 21.4. The molecule has 0 radical (unpaired) electrons. The molecule has 0 spiro atoms. The summed E-state index contributed by atoms with van der Waals surface area (Å²) >= 11 is 0. The van der Waals surface area contributed by atoms with E-state index < -0.39 is 0 Å². The fourth-order valence-corrected chi connectivity index (χ4v) is 3.79. The van der Waals surface area contributed by atoms with Gasteiger partial charge in [-0.1, -0.05) is 91.0 Å². The number of benzene rings is 3. The highest BCUT2D eigenvalue weighted by atomic mass is 16.6. The predicted octanol–water partition coefficient (Wildman–Crippen LogP) is 5.02. The zero-order valence-corrected chi connectivity index (χ0v) is 17.8. The molecule has 0 aromatic heterocycles. The molecule has 0 bridgehead atoms. The molecule has 2 fully saturated rings. The quantitative estimate of drug-likeness (QED) is 0.570. The lowest BCUT2D eigenvalue weighted by molar-refractivity contribution is 0.154. The van der Waals surface area contributed by atoms with Crippen molar-refractivity contribution in [3.63, 3.8) is 0 Å². The molecule has 5 rings (SSSR count). The lowest BCUT2D eigenvalue weighted by atomic mass is 10.0. The number of carbonyl (C=O) groups is 2. The van der Waals surface area contributed by atoms with Crippen molar-refractivity contribution in [1.29, 1.82) is 0 Å². The van der Waals surface area contributed by atoms with Crippen LogP contribution in [0.2, 0.25) is 0 Å². The summed E-state index contributed by atoms with van der Waals surface area (Å²) in [7, 11) is 0. The average Bonchev–Trinajstić information content (AvgIpc) is 3.42. The maximum atomic E-state index is 12.3. The number of carbonyl (C=O) groups excluding carboxylic acids is 2. The first-order valence-corrected chi connectivity index (χ1v) is 10.7. The zero-order chi connectivity index (χ0) is 22.2. The van der Waals surface area contributed by atoms with Crippen LogP contribution in [-0.2, 0) is 22.6 Å². The molecular weight excluding hydrogens is 404 g/mol. The van der Waals surface area contributed by atoms with Crippen LogP contribution in [0.1, 0.15) is 22.7 Å². The molecule has 164 valence electrons. The molecule has 2 aliphatic heterocycles. The number of cyclic esters (lactones) is 2. The van der Waals surface area contributed by atoms with Crippen molar-refractivity contribution < 1.29 is 19.1 Å². The molecule has 1 unspecified atom stereocenters. The Hall–Kier alpha value is -3.80. The van der Waals surface area contributed by atoms with E-state index in [1.54, 1.807) is 9.80 Å². The van der Waals surface area contributed by atoms with Crippen molar-refractivity contribution >= 4 is 12.2 Å². The Morgan fingerprint density at radius 1 is 0.688 bits per heavy atom. The maximum Gasteiger partial charge on any atom is 0.410 e. The topological polar surface area (TPSA) is 59.1 Å². The van der Waals surface area contributed by atoms with E-state index >= 15 is 0 Å². The van der Waals surface area contributed by atoms with E-state index in [4.69, 9.17) is 9.47 Å². The van der Waals surface area contributed by atoms with E-state index in [-0.39, 0.29) is 18.2 Å². The molecule has 32 heavy (non-hydrogen) atoms. The molecule has 0 aliphatic carbocycles. The molecule has 1 atom stereocenters. The number of nitrogens with zero attached hydrogens (tertiary/aromatic N) is 2. The average molecular weight is 431 g/mol. The van der Waals surface area contributed by atoms with Crippen molar-refractivity contribution in [2.45, 2.75) is 19.1 Å². The number of amides is 2. The molecule has 6 heteroatoms. The normalized spacial score (nSPS) is 17.4. The van der Waals surface area contributed by atoms with Crippen molar-refractivity contribution in [1.82, 2.24) is 9.80 Å². The van der Waals surface area contributed by atoms with Gasteiger partial charge in [0.05, 0.1) is 19.1 Å². The second kappa shape index (κ2) is 10.5. The van der Waals surface area contributed by atoms with Gasteiger partial charge >= 0.3 is 12.2 Å². The minimum absolute atomic E-state index is 0.103. The van der Waals surface area contributed by atoms with E-state index in [1.165, 1.54) is 0 Å². The third-order valence-electron chi connectivity index (χ3n) is 5.49. The summed E-state index contributed by atoms with van der Waals surface area (Å²) in [6, 6.07) is 29.6. The van der Waals surface area contributed by atoms with E-state index in [9.17, 15) is 9.59 Å². The van der Waals surface area contributed by atoms with Crippen molar-refractivity contribution in [3.05, 3.63) is 108 Å². The summed E-state index contributed by atoms with van der Waals surface area (Å²) in [5.41, 5.74) is 3.07. The van der Waals surface area contributed by atoms with E-state index in [0.29, 0.717) is 32.8 Å². The first-order valence-electron chi connectivity index (χ1n) is 10.7. The first-order chi connectivity index (χ1) is 15.7. The lowest BCUT2D eigenvalue weighted by Crippen LogP contribution is -2.29. The summed E-state index contributed by atoms with van der Waals surface area (Å²) in [4.78, 5) is 27.5. The Labute approximate surface area is 188 Å². The van der Waals surface area contributed by atoms with Crippen molar-refractivity contribution in [2.24, 2.45) is 0 Å². The second-order valence-electron chi connectivity index (χ2n) is 7.59. The van der Waals surface area contributed by atoms with Gasteiger partial charge in [-0.3, -0.25) is 4.90 Å². The third-order valence-corrected chi connectivity index (χ3v) is 5.49. The number of hydrogen-bond acceptors (Lipinski definition) is 4. The Kier molecular flexibility index (Phi) is 7.02. The van der Waals surface area contributed by atoms with Crippen LogP contribution in [0, 0.1) is 0 Å². The standard InChI is InChI=1S/C20H20N2O4.C6H6/c23-19-21(10-11-25-19)12-16-8-4-5-9-17(16)13-22-18(14-26-20(22)24)15-6-2-1-3-7-15;1-2-4-6-5-3-1/h1-9,18H,10-14H2;1-6H. The molecule has 2 amide bonds. The molecule has 3 aromatic rings. The molecule has 2 heterocycles. The van der Waals surface area contributed by atoms with Gasteiger partial charge in [0, 0.05) is 6.54 Å². The van der Waals surface area contributed by atoms with E-state index in [2.05, 4.69) is 0 Å². The van der Waals surface area contributed by atoms with Gasteiger partial charge in [0.2, 0.25) is 0 Å². The molecule has 0 saturated carbocycles. The Morgan fingerprint density at radius 2 is 1.25 bits per heavy atom. The van der Waals surface area contributed by atoms with Crippen LogP contribution < -0.4 is 0 Å². The highest BCUT2D eigenvalue weighted by molar-refractivity contribution is 5.71. The molecule has 2 saturated heterocycles. The van der Waals surface area contributed by atoms with E-state index in [0.717, 1.165) is 16.7 Å². The van der Waals surface area contributed by atoms with Crippen LogP contribution in [0.15, 0.2) is 91.0 Å². The van der Waals surface area contributed by atoms with Gasteiger partial charge in [0.25, 0.3) is 0 Å². The van der Waals surface area contributed by atoms with Crippen molar-refractivity contribution in [2.75, 3.05) is 19.8 Å². The second-order valence-corrected chi connectivity index (χ2v) is 7.59. The smallest absolute Gasteiger partial charge is 0.410 e. The molecule has 6 nitrogen and oxygen atoms in total. The minimum atomic E-state index is -0.311. The fraction of sp³-hybridized carbons (Fsp3) is 0.231. The highest BCUT2D eigenvalue weighted by Gasteiger charge is 2.34. The maximum absolute atomic E-state index is 12.3. The van der Waals surface area contributed by atoms with Gasteiger partial charge in [-0.05, 0) is 16.7 Å². The molecule has 2 aliphatic rings. The Balaban J connectivity index is 0.000000354. The summed E-state index contributed by atoms with van der Waals surface area (Å²) in [6.07, 6.45) is -0.600. The van der Waals surface area contributed by atoms with Crippen LogP contribution in [0.4, 0.5) is 9.59 Å². The minimum Gasteiger partial charge on any atom is -0.448 e. The summed E-state index contributed by atoms with van der Waals surface area (Å²) in [6.45, 7) is 2.29. The fourth-order valence-electron chi connectivity index (χ4n) is 3.79. The monoisotopic (exact) mass is 430 g/mol. The Bertz CT molecular complexity index is 1000. The molecule has 3 aromatic carbocycles. The van der Waals surface area contributed by atoms with Crippen LogP contribution in [0.3, 0.4) is 0 Å². The molecular formula is C26H26N2O4. The van der Waals surface area contributed by atoms with Crippen LogP contribution in [0.25, 0.3) is 0 Å². The van der Waals surface area contributed by atoms with Crippen LogP contribution >= 0.6 is 0 Å². The van der Waals surface area contributed by atoms with Gasteiger partial charge in [0.1, 0.15) is 13.2 Å². The van der Waals surface area contributed by atoms with Gasteiger partial charge in [0.15, 0.2) is 0 Å². The summed E-state index contributed by atoms with van der Waals surface area (Å²) in [5.74, 6) is 0. The zero-order valence-electron chi connectivity index (χ0n) is 17.8. The number of ether oxygens (including phenoxy) is 2. The van der Waals surface area contributed by atoms with E-state index in [1.807, 2.05) is 91.0 Å². The highest BCUT2D eigenvalue weighted by Crippen LogP contribution is 2.30. The van der Waals surface area contributed by atoms with Gasteiger partial charge in [-0.15, -0.1) is 0 Å². The SMILES string of the molecule is O=C1OCCN1Cc1ccccc1CN1C(=O)OCC1c1ccccc1.c1ccccc1. The van der Waals surface area contributed by atoms with Crippen LogP contribution in [-0.4, -0.2) is 41.7 Å². The van der Waals surface area contributed by atoms with Crippen molar-refractivity contribution in [3.8, 4) is 0 Å². The summed E-state index contributed by atoms with van der Waals surface area (Å²) < 4.78 is 10.3. The summed E-state index contributed by atoms with van der Waals surface area (Å²) in [5, 5.41) is 0. The Morgan fingerprint density at radius 3 is 1.84 bits per heavy atom. The third kappa shape index (κ3) is 5.27. The lowest BCUT2D eigenvalue weighted by Gasteiger charge is -2.24. The molecule has 0 N–H and O–H groups in total.